The highest BCUT2D eigenvalue weighted by molar-refractivity contribution is 7.12. The Bertz CT molecular complexity index is 1610. The van der Waals surface area contributed by atoms with Gasteiger partial charge in [0.25, 0.3) is 0 Å². The van der Waals surface area contributed by atoms with Crippen LogP contribution in [0.4, 0.5) is 9.18 Å². The largest absolute Gasteiger partial charge is 0.349 e. The molecule has 0 saturated heterocycles. The number of fused-ring (bicyclic) bond motifs is 1. The molecule has 1 aliphatic carbocycles. The molecule has 5 rings (SSSR count). The van der Waals surface area contributed by atoms with Crippen molar-refractivity contribution in [3.8, 4) is 23.0 Å². The summed E-state index contributed by atoms with van der Waals surface area (Å²) < 4.78 is 13.2. The second-order valence-electron chi connectivity index (χ2n) is 9.66. The SMILES string of the molecule is CC(C#Cc1ccc(Cc2ccc(F)cc2)s1)N(OC(=O)C1Cc2cc(Cl)c(-c3ccccc3)cc2C1)C(N)=O. The monoisotopic (exact) mass is 572 g/mol. The van der Waals surface area contributed by atoms with Gasteiger partial charge in [-0.15, -0.1) is 16.4 Å². The molecule has 202 valence electrons. The molecule has 1 heterocycles. The maximum atomic E-state index is 13.2. The van der Waals surface area contributed by atoms with Gasteiger partial charge in [0, 0.05) is 21.9 Å². The fraction of sp³-hybridized carbons (Fsp3) is 0.188. The zero-order chi connectivity index (χ0) is 28.2. The van der Waals surface area contributed by atoms with E-state index in [0.717, 1.165) is 42.6 Å². The highest BCUT2D eigenvalue weighted by atomic mass is 35.5. The van der Waals surface area contributed by atoms with Crippen LogP contribution in [0.5, 0.6) is 0 Å². The minimum atomic E-state index is -0.900. The number of carbonyl (C=O) groups is 2. The summed E-state index contributed by atoms with van der Waals surface area (Å²) in [5.74, 6) is 4.71. The van der Waals surface area contributed by atoms with Gasteiger partial charge in [-0.3, -0.25) is 0 Å². The first-order chi connectivity index (χ1) is 19.3. The molecular formula is C32H26ClFN2O3S. The third kappa shape index (κ3) is 6.36. The molecule has 0 bridgehead atoms. The van der Waals surface area contributed by atoms with Crippen molar-refractivity contribution in [3.63, 3.8) is 0 Å². The van der Waals surface area contributed by atoms with Crippen LogP contribution in [0.2, 0.25) is 5.02 Å². The Morgan fingerprint density at radius 1 is 1.07 bits per heavy atom. The molecule has 8 heteroatoms. The third-order valence-corrected chi connectivity index (χ3v) is 8.07. The number of carbonyl (C=O) groups excluding carboxylic acids is 2. The summed E-state index contributed by atoms with van der Waals surface area (Å²) in [6.45, 7) is 1.65. The van der Waals surface area contributed by atoms with Gasteiger partial charge in [-0.25, -0.2) is 14.0 Å². The van der Waals surface area contributed by atoms with Crippen LogP contribution < -0.4 is 5.73 Å². The van der Waals surface area contributed by atoms with E-state index in [1.54, 1.807) is 19.1 Å². The predicted molar refractivity (Wildman–Crippen MR) is 155 cm³/mol. The summed E-state index contributed by atoms with van der Waals surface area (Å²) in [5, 5.41) is 1.45. The molecule has 4 aromatic rings. The van der Waals surface area contributed by atoms with Crippen molar-refractivity contribution in [1.29, 1.82) is 0 Å². The number of halogens is 2. The van der Waals surface area contributed by atoms with Crippen molar-refractivity contribution < 1.29 is 18.8 Å². The number of primary amides is 1. The second kappa shape index (κ2) is 12.0. The normalized spacial score (nSPS) is 14.5. The van der Waals surface area contributed by atoms with E-state index in [-0.39, 0.29) is 5.82 Å². The van der Waals surface area contributed by atoms with Gasteiger partial charge >= 0.3 is 12.0 Å². The first-order valence-electron chi connectivity index (χ1n) is 12.8. The molecule has 0 aliphatic heterocycles. The molecule has 5 nitrogen and oxygen atoms in total. The zero-order valence-electron chi connectivity index (χ0n) is 21.7. The summed E-state index contributed by atoms with van der Waals surface area (Å²) in [6, 6.07) is 22.3. The van der Waals surface area contributed by atoms with Gasteiger partial charge < -0.3 is 10.6 Å². The number of thiophene rings is 1. The van der Waals surface area contributed by atoms with Crippen molar-refractivity contribution in [3.05, 3.63) is 116 Å². The molecule has 0 spiro atoms. The number of hydrogen-bond acceptors (Lipinski definition) is 4. The zero-order valence-corrected chi connectivity index (χ0v) is 23.3. The van der Waals surface area contributed by atoms with Crippen LogP contribution in [-0.2, 0) is 28.9 Å². The Hall–Kier alpha value is -4.12. The Morgan fingerprint density at radius 3 is 2.48 bits per heavy atom. The van der Waals surface area contributed by atoms with Crippen LogP contribution in [-0.4, -0.2) is 23.1 Å². The number of benzene rings is 3. The van der Waals surface area contributed by atoms with E-state index in [1.807, 2.05) is 54.6 Å². The Balaban J connectivity index is 1.23. The molecule has 1 aromatic heterocycles. The summed E-state index contributed by atoms with van der Waals surface area (Å²) in [4.78, 5) is 32.6. The molecule has 40 heavy (non-hydrogen) atoms. The van der Waals surface area contributed by atoms with E-state index in [1.165, 1.54) is 23.5 Å². The van der Waals surface area contributed by atoms with E-state index in [9.17, 15) is 14.0 Å². The Kier molecular flexibility index (Phi) is 8.20. The summed E-state index contributed by atoms with van der Waals surface area (Å²) >= 11 is 8.06. The smallest absolute Gasteiger partial charge is 0.349 e. The number of amides is 2. The van der Waals surface area contributed by atoms with Gasteiger partial charge in [-0.2, -0.15) is 0 Å². The maximum absolute atomic E-state index is 13.2. The van der Waals surface area contributed by atoms with Gasteiger partial charge in [0.2, 0.25) is 0 Å². The van der Waals surface area contributed by atoms with E-state index < -0.39 is 24.0 Å². The fourth-order valence-corrected chi connectivity index (χ4v) is 5.91. The average molecular weight is 573 g/mol. The number of nitrogens with two attached hydrogens (primary N) is 1. The van der Waals surface area contributed by atoms with Crippen molar-refractivity contribution >= 4 is 34.9 Å². The molecule has 0 fully saturated rings. The summed E-state index contributed by atoms with van der Waals surface area (Å²) in [6.07, 6.45) is 1.60. The Labute approximate surface area is 241 Å². The lowest BCUT2D eigenvalue weighted by Gasteiger charge is -2.23. The van der Waals surface area contributed by atoms with Crippen LogP contribution >= 0.6 is 22.9 Å². The molecule has 3 aromatic carbocycles. The van der Waals surface area contributed by atoms with Crippen molar-refractivity contribution in [2.24, 2.45) is 11.7 Å². The number of rotatable bonds is 5. The van der Waals surface area contributed by atoms with Gasteiger partial charge in [0.05, 0.1) is 10.8 Å². The molecule has 2 atom stereocenters. The molecule has 2 N–H and O–H groups in total. The molecule has 2 amide bonds. The first kappa shape index (κ1) is 27.4. The molecular weight excluding hydrogens is 547 g/mol. The standard InChI is InChI=1S/C32H26ClFN2O3S/c1-20(7-12-27-13-14-28(40-27)15-21-8-10-26(34)11-9-21)36(32(35)38)39-31(37)25-16-23-18-29(22-5-3-2-4-6-22)30(33)19-24(23)17-25/h2-6,8-11,13-14,18-20,25H,15-17H2,1H3,(H2,35,38). The van der Waals surface area contributed by atoms with Crippen molar-refractivity contribution in [1.82, 2.24) is 5.06 Å². The number of hydrogen-bond donors (Lipinski definition) is 1. The second-order valence-corrected chi connectivity index (χ2v) is 11.2. The highest BCUT2D eigenvalue weighted by Gasteiger charge is 2.33. The average Bonchev–Trinajstić information content (AvgIpc) is 3.57. The predicted octanol–water partition coefficient (Wildman–Crippen LogP) is 6.79. The maximum Gasteiger partial charge on any atom is 0.349 e. The minimum absolute atomic E-state index is 0.269. The van der Waals surface area contributed by atoms with Gasteiger partial charge in [0.1, 0.15) is 11.9 Å². The lowest BCUT2D eigenvalue weighted by molar-refractivity contribution is -0.184. The molecule has 1 aliphatic rings. The topological polar surface area (TPSA) is 72.6 Å². The van der Waals surface area contributed by atoms with Crippen LogP contribution in [0.25, 0.3) is 11.1 Å². The molecule has 0 saturated carbocycles. The lowest BCUT2D eigenvalue weighted by atomic mass is 10.0. The van der Waals surface area contributed by atoms with E-state index >= 15 is 0 Å². The highest BCUT2D eigenvalue weighted by Crippen LogP contribution is 2.36. The van der Waals surface area contributed by atoms with Crippen LogP contribution in [0.15, 0.2) is 78.9 Å². The molecule has 2 unspecified atom stereocenters. The minimum Gasteiger partial charge on any atom is -0.349 e. The van der Waals surface area contributed by atoms with Crippen LogP contribution in [0.1, 0.15) is 33.4 Å². The number of nitrogens with zero attached hydrogens (tertiary/aromatic N) is 1. The quantitative estimate of drug-likeness (QED) is 0.211. The lowest BCUT2D eigenvalue weighted by Crippen LogP contribution is -2.44. The summed E-state index contributed by atoms with van der Waals surface area (Å²) in [7, 11) is 0. The fourth-order valence-electron chi connectivity index (χ4n) is 4.71. The molecule has 0 radical (unpaired) electrons. The van der Waals surface area contributed by atoms with Gasteiger partial charge in [0.15, 0.2) is 0 Å². The van der Waals surface area contributed by atoms with E-state index in [2.05, 4.69) is 11.8 Å². The van der Waals surface area contributed by atoms with E-state index in [4.69, 9.17) is 22.2 Å². The third-order valence-electron chi connectivity index (χ3n) is 6.75. The van der Waals surface area contributed by atoms with Gasteiger partial charge in [-0.1, -0.05) is 65.9 Å². The number of hydroxylamine groups is 2. The van der Waals surface area contributed by atoms with Crippen molar-refractivity contribution in [2.45, 2.75) is 32.2 Å². The van der Waals surface area contributed by atoms with Gasteiger partial charge in [-0.05, 0) is 78.4 Å². The Morgan fingerprint density at radius 2 is 1.77 bits per heavy atom. The van der Waals surface area contributed by atoms with Crippen LogP contribution in [0.3, 0.4) is 0 Å². The summed E-state index contributed by atoms with van der Waals surface area (Å²) in [5.41, 5.74) is 10.5. The van der Waals surface area contributed by atoms with Crippen molar-refractivity contribution in [2.75, 3.05) is 0 Å². The number of urea groups is 1. The van der Waals surface area contributed by atoms with E-state index in [0.29, 0.717) is 24.3 Å². The first-order valence-corrected chi connectivity index (χ1v) is 14.0. The van der Waals surface area contributed by atoms with Crippen LogP contribution in [0, 0.1) is 23.6 Å².